The molecule has 4 N–H and O–H groups in total. The fraction of sp³-hybridized carbons (Fsp3) is 0.364. The van der Waals surface area contributed by atoms with E-state index in [0.717, 1.165) is 0 Å². The Morgan fingerprint density at radius 1 is 1.47 bits per heavy atom. The fourth-order valence-corrected chi connectivity index (χ4v) is 1.25. The molecule has 0 aliphatic heterocycles. The van der Waals surface area contributed by atoms with Gasteiger partial charge in [0.2, 0.25) is 5.91 Å². The predicted molar refractivity (Wildman–Crippen MR) is 65.1 cm³/mol. The van der Waals surface area contributed by atoms with Crippen LogP contribution in [-0.2, 0) is 17.9 Å². The Kier molecular flexibility index (Phi) is 7.45. The van der Waals surface area contributed by atoms with Gasteiger partial charge in [-0.05, 0) is 11.6 Å². The first-order valence-corrected chi connectivity index (χ1v) is 5.02. The van der Waals surface area contributed by atoms with Crippen molar-refractivity contribution in [1.29, 1.82) is 0 Å². The van der Waals surface area contributed by atoms with E-state index in [2.05, 4.69) is 5.32 Å². The molecule has 4 nitrogen and oxygen atoms in total. The first-order valence-electron chi connectivity index (χ1n) is 5.02. The quantitative estimate of drug-likeness (QED) is 0.731. The van der Waals surface area contributed by atoms with Crippen molar-refractivity contribution in [2.24, 2.45) is 5.73 Å². The topological polar surface area (TPSA) is 75.4 Å². The van der Waals surface area contributed by atoms with E-state index in [1.807, 2.05) is 0 Å². The number of aliphatic hydroxyl groups is 1. The Bertz CT molecular complexity index is 374. The van der Waals surface area contributed by atoms with Crippen LogP contribution in [0.15, 0.2) is 18.2 Å². The summed E-state index contributed by atoms with van der Waals surface area (Å²) >= 11 is 0. The van der Waals surface area contributed by atoms with Crippen LogP contribution in [0.5, 0.6) is 0 Å². The highest BCUT2D eigenvalue weighted by Gasteiger charge is 2.04. The zero-order valence-corrected chi connectivity index (χ0v) is 10.1. The number of nitrogens with one attached hydrogen (secondary N) is 1. The molecule has 0 aliphatic rings. The van der Waals surface area contributed by atoms with Crippen molar-refractivity contribution in [1.82, 2.24) is 5.32 Å². The van der Waals surface area contributed by atoms with E-state index >= 15 is 0 Å². The van der Waals surface area contributed by atoms with E-state index in [4.69, 9.17) is 10.8 Å². The third-order valence-corrected chi connectivity index (χ3v) is 2.15. The van der Waals surface area contributed by atoms with Crippen molar-refractivity contribution in [3.63, 3.8) is 0 Å². The van der Waals surface area contributed by atoms with Crippen LogP contribution in [0.4, 0.5) is 4.39 Å². The van der Waals surface area contributed by atoms with Gasteiger partial charge in [-0.25, -0.2) is 4.39 Å². The number of hydrogen-bond donors (Lipinski definition) is 3. The second-order valence-electron chi connectivity index (χ2n) is 3.40. The molecule has 0 saturated heterocycles. The number of halogens is 2. The summed E-state index contributed by atoms with van der Waals surface area (Å²) in [6, 6.07) is 4.46. The highest BCUT2D eigenvalue weighted by molar-refractivity contribution is 5.85. The van der Waals surface area contributed by atoms with Crippen LogP contribution in [0.1, 0.15) is 17.5 Å². The summed E-state index contributed by atoms with van der Waals surface area (Å²) in [5.74, 6) is -0.623. The maximum atomic E-state index is 13.2. The number of benzene rings is 1. The average Bonchev–Trinajstić information content (AvgIpc) is 2.27. The third-order valence-electron chi connectivity index (χ3n) is 2.15. The molecule has 0 saturated carbocycles. The molecular formula is C11H16ClFN2O2. The zero-order chi connectivity index (χ0) is 12.0. The van der Waals surface area contributed by atoms with Crippen molar-refractivity contribution < 1.29 is 14.3 Å². The summed E-state index contributed by atoms with van der Waals surface area (Å²) in [4.78, 5) is 11.1. The van der Waals surface area contributed by atoms with Gasteiger partial charge in [-0.2, -0.15) is 0 Å². The van der Waals surface area contributed by atoms with E-state index in [1.54, 1.807) is 6.07 Å². The van der Waals surface area contributed by atoms with E-state index in [-0.39, 0.29) is 43.5 Å². The monoisotopic (exact) mass is 262 g/mol. The third kappa shape index (κ3) is 5.12. The number of carbonyl (C=O) groups excluding carboxylic acids is 1. The smallest absolute Gasteiger partial charge is 0.221 e. The molecule has 0 aromatic heterocycles. The van der Waals surface area contributed by atoms with Crippen molar-refractivity contribution in [2.75, 3.05) is 6.54 Å². The van der Waals surface area contributed by atoms with Gasteiger partial charge in [0.05, 0.1) is 6.61 Å². The van der Waals surface area contributed by atoms with Crippen LogP contribution in [-0.4, -0.2) is 17.6 Å². The molecule has 1 rings (SSSR count). The van der Waals surface area contributed by atoms with Gasteiger partial charge in [-0.3, -0.25) is 4.79 Å². The largest absolute Gasteiger partial charge is 0.392 e. The van der Waals surface area contributed by atoms with Gasteiger partial charge >= 0.3 is 0 Å². The maximum absolute atomic E-state index is 13.2. The maximum Gasteiger partial charge on any atom is 0.221 e. The summed E-state index contributed by atoms with van der Waals surface area (Å²) < 4.78 is 13.2. The predicted octanol–water partition coefficient (Wildman–Crippen LogP) is 0.705. The molecule has 6 heteroatoms. The number of amides is 1. The van der Waals surface area contributed by atoms with Crippen molar-refractivity contribution in [3.8, 4) is 0 Å². The second-order valence-corrected chi connectivity index (χ2v) is 3.40. The molecule has 0 radical (unpaired) electrons. The summed E-state index contributed by atoms with van der Waals surface area (Å²) in [6.07, 6.45) is 0.261. The zero-order valence-electron chi connectivity index (χ0n) is 9.28. The Labute approximate surface area is 105 Å². The van der Waals surface area contributed by atoms with E-state index in [9.17, 15) is 9.18 Å². The molecule has 0 bridgehead atoms. The number of aliphatic hydroxyl groups excluding tert-OH is 1. The number of nitrogens with two attached hydrogens (primary N) is 1. The van der Waals surface area contributed by atoms with Gasteiger partial charge in [0.25, 0.3) is 0 Å². The molecule has 0 fully saturated rings. The van der Waals surface area contributed by atoms with Crippen molar-refractivity contribution in [3.05, 3.63) is 35.1 Å². The summed E-state index contributed by atoms with van der Waals surface area (Å²) in [5, 5.41) is 11.4. The lowest BCUT2D eigenvalue weighted by Gasteiger charge is -2.06. The number of hydrogen-bond acceptors (Lipinski definition) is 3. The van der Waals surface area contributed by atoms with Crippen LogP contribution >= 0.6 is 12.4 Å². The lowest BCUT2D eigenvalue weighted by atomic mass is 10.1. The van der Waals surface area contributed by atoms with Gasteiger partial charge < -0.3 is 16.2 Å². The minimum Gasteiger partial charge on any atom is -0.392 e. The van der Waals surface area contributed by atoms with Gasteiger partial charge in [0.1, 0.15) is 5.82 Å². The Hall–Kier alpha value is -1.17. The fourth-order valence-electron chi connectivity index (χ4n) is 1.25. The van der Waals surface area contributed by atoms with Crippen molar-refractivity contribution in [2.45, 2.75) is 19.6 Å². The molecule has 0 heterocycles. The van der Waals surface area contributed by atoms with Gasteiger partial charge in [0.15, 0.2) is 0 Å². The summed E-state index contributed by atoms with van der Waals surface area (Å²) in [5.41, 5.74) is 6.11. The Balaban J connectivity index is 0.00000256. The van der Waals surface area contributed by atoms with Crippen LogP contribution in [0.25, 0.3) is 0 Å². The molecule has 1 aromatic carbocycles. The minimum atomic E-state index is -0.465. The Morgan fingerprint density at radius 2 is 2.18 bits per heavy atom. The summed E-state index contributed by atoms with van der Waals surface area (Å²) in [6.45, 7) is 0.233. The first kappa shape index (κ1) is 15.8. The molecule has 0 aliphatic carbocycles. The lowest BCUT2D eigenvalue weighted by molar-refractivity contribution is -0.121. The molecular weight excluding hydrogens is 247 g/mol. The average molecular weight is 263 g/mol. The lowest BCUT2D eigenvalue weighted by Crippen LogP contribution is -2.25. The Morgan fingerprint density at radius 3 is 2.71 bits per heavy atom. The molecule has 0 unspecified atom stereocenters. The highest BCUT2D eigenvalue weighted by Crippen LogP contribution is 2.10. The minimum absolute atomic E-state index is 0. The normalized spacial score (nSPS) is 9.59. The summed E-state index contributed by atoms with van der Waals surface area (Å²) in [7, 11) is 0. The van der Waals surface area contributed by atoms with Crippen LogP contribution in [0.2, 0.25) is 0 Å². The first-order chi connectivity index (χ1) is 7.67. The van der Waals surface area contributed by atoms with Gasteiger partial charge in [-0.15, -0.1) is 12.4 Å². The standard InChI is InChI=1S/C11H15FN2O2.ClH/c12-10-5-8(1-2-9(10)7-15)6-14-11(16)3-4-13;/h1-2,5,15H,3-4,6-7,13H2,(H,14,16);1H. The molecule has 0 atom stereocenters. The van der Waals surface area contributed by atoms with Crippen LogP contribution in [0, 0.1) is 5.82 Å². The van der Waals surface area contributed by atoms with Crippen LogP contribution < -0.4 is 11.1 Å². The second kappa shape index (κ2) is 8.00. The van der Waals surface area contributed by atoms with E-state index < -0.39 is 5.82 Å². The van der Waals surface area contributed by atoms with Gasteiger partial charge in [-0.1, -0.05) is 12.1 Å². The van der Waals surface area contributed by atoms with E-state index in [1.165, 1.54) is 12.1 Å². The SMILES string of the molecule is Cl.NCCC(=O)NCc1ccc(CO)c(F)c1. The molecule has 96 valence electrons. The van der Waals surface area contributed by atoms with E-state index in [0.29, 0.717) is 12.1 Å². The van der Waals surface area contributed by atoms with Crippen LogP contribution in [0.3, 0.4) is 0 Å². The van der Waals surface area contributed by atoms with Gasteiger partial charge in [0, 0.05) is 25.1 Å². The molecule has 0 spiro atoms. The number of carbonyl (C=O) groups is 1. The molecule has 17 heavy (non-hydrogen) atoms. The molecule has 1 aromatic rings. The van der Waals surface area contributed by atoms with Crippen molar-refractivity contribution >= 4 is 18.3 Å². The number of rotatable bonds is 5. The molecule has 1 amide bonds. The highest BCUT2D eigenvalue weighted by atomic mass is 35.5.